The second-order valence-corrected chi connectivity index (χ2v) is 9.37. The van der Waals surface area contributed by atoms with Crippen LogP contribution in [-0.4, -0.2) is 34.0 Å². The van der Waals surface area contributed by atoms with Crippen molar-refractivity contribution in [2.45, 2.75) is 77.9 Å². The van der Waals surface area contributed by atoms with E-state index in [1.54, 1.807) is 13.0 Å². The molecule has 2 N–H and O–H groups in total. The molecule has 4 aliphatic rings. The largest absolute Gasteiger partial charge is 0.388 e. The summed E-state index contributed by atoms with van der Waals surface area (Å²) in [6.45, 7) is 5.90. The number of carbonyl (C=O) groups excluding carboxylic acids is 2. The molecule has 6 atom stereocenters. The van der Waals surface area contributed by atoms with E-state index in [0.29, 0.717) is 11.8 Å². The number of fused-ring (bicyclic) bond motifs is 4. The molecule has 0 spiro atoms. The molecule has 0 aromatic rings. The van der Waals surface area contributed by atoms with Gasteiger partial charge in [0.1, 0.15) is 6.10 Å². The number of hydrogen-bond donors (Lipinski definition) is 2. The second kappa shape index (κ2) is 5.87. The van der Waals surface area contributed by atoms with Gasteiger partial charge in [0.25, 0.3) is 0 Å². The number of rotatable bonds is 2. The standard InChI is InChI=1S/C22H30O4/c1-12(23)20(26)22(3)9-7-17-15-5-4-13-10-14(24)11-18(25)19(13)16(15)6-8-21(17,22)2/h10,12,15,17-18,23,25H,4-9,11H2,1-3H3/t12?,15-,17+,18?,21+,22+/m1/s1. The smallest absolute Gasteiger partial charge is 0.167 e. The number of aliphatic hydroxyl groups is 2. The molecule has 0 aromatic carbocycles. The summed E-state index contributed by atoms with van der Waals surface area (Å²) in [7, 11) is 0. The maximum absolute atomic E-state index is 12.9. The highest BCUT2D eigenvalue weighted by molar-refractivity contribution is 5.94. The molecule has 4 nitrogen and oxygen atoms in total. The molecule has 26 heavy (non-hydrogen) atoms. The van der Waals surface area contributed by atoms with Gasteiger partial charge in [-0.3, -0.25) is 9.59 Å². The first kappa shape index (κ1) is 18.1. The summed E-state index contributed by atoms with van der Waals surface area (Å²) in [6, 6.07) is 0. The summed E-state index contributed by atoms with van der Waals surface area (Å²) in [5, 5.41) is 20.5. The van der Waals surface area contributed by atoms with Crippen molar-refractivity contribution in [2.24, 2.45) is 22.7 Å². The topological polar surface area (TPSA) is 74.6 Å². The molecule has 0 bridgehead atoms. The van der Waals surface area contributed by atoms with Gasteiger partial charge in [-0.15, -0.1) is 0 Å². The zero-order valence-electron chi connectivity index (χ0n) is 16.0. The Bertz CT molecular complexity index is 730. The highest BCUT2D eigenvalue weighted by atomic mass is 16.3. The average Bonchev–Trinajstić information content (AvgIpc) is 2.86. The van der Waals surface area contributed by atoms with Gasteiger partial charge in [-0.25, -0.2) is 0 Å². The molecule has 142 valence electrons. The zero-order valence-corrected chi connectivity index (χ0v) is 16.0. The van der Waals surface area contributed by atoms with Crippen molar-refractivity contribution >= 4 is 11.6 Å². The Morgan fingerprint density at radius 2 is 1.96 bits per heavy atom. The van der Waals surface area contributed by atoms with Crippen molar-refractivity contribution < 1.29 is 19.8 Å². The summed E-state index contributed by atoms with van der Waals surface area (Å²) in [4.78, 5) is 24.7. The van der Waals surface area contributed by atoms with Crippen LogP contribution in [0, 0.1) is 22.7 Å². The first-order valence-electron chi connectivity index (χ1n) is 10.1. The van der Waals surface area contributed by atoms with Crippen LogP contribution in [0.15, 0.2) is 22.8 Å². The van der Waals surface area contributed by atoms with Crippen molar-refractivity contribution in [1.82, 2.24) is 0 Å². The van der Waals surface area contributed by atoms with Crippen molar-refractivity contribution in [2.75, 3.05) is 0 Å². The summed E-state index contributed by atoms with van der Waals surface area (Å²) >= 11 is 0. The van der Waals surface area contributed by atoms with Gasteiger partial charge in [-0.05, 0) is 79.9 Å². The van der Waals surface area contributed by atoms with Gasteiger partial charge in [0.2, 0.25) is 0 Å². The first-order valence-corrected chi connectivity index (χ1v) is 10.1. The Hall–Kier alpha value is -1.26. The molecule has 4 rings (SSSR count). The Kier molecular flexibility index (Phi) is 4.09. The predicted molar refractivity (Wildman–Crippen MR) is 98.3 cm³/mol. The minimum atomic E-state index is -0.914. The lowest BCUT2D eigenvalue weighted by Gasteiger charge is -2.52. The van der Waals surface area contributed by atoms with Crippen LogP contribution in [-0.2, 0) is 9.59 Å². The maximum atomic E-state index is 12.9. The summed E-state index contributed by atoms with van der Waals surface area (Å²) in [5.74, 6) is 0.829. The Labute approximate surface area is 155 Å². The molecule has 2 saturated carbocycles. The molecule has 4 aliphatic carbocycles. The normalized spacial score (nSPS) is 43.3. The first-order chi connectivity index (χ1) is 12.2. The van der Waals surface area contributed by atoms with Crippen molar-refractivity contribution in [3.05, 3.63) is 22.8 Å². The molecule has 0 aromatic heterocycles. The predicted octanol–water partition coefficient (Wildman–Crippen LogP) is 3.12. The summed E-state index contributed by atoms with van der Waals surface area (Å²) in [6.07, 6.45) is 5.86. The molecular weight excluding hydrogens is 328 g/mol. The Balaban J connectivity index is 1.74. The van der Waals surface area contributed by atoms with Crippen LogP contribution < -0.4 is 0 Å². The third-order valence-electron chi connectivity index (χ3n) is 8.28. The lowest BCUT2D eigenvalue weighted by atomic mass is 9.51. The lowest BCUT2D eigenvalue weighted by molar-refractivity contribution is -0.144. The fraction of sp³-hybridized carbons (Fsp3) is 0.727. The third-order valence-corrected chi connectivity index (χ3v) is 8.28. The van der Waals surface area contributed by atoms with E-state index in [4.69, 9.17) is 0 Å². The molecule has 0 saturated heterocycles. The van der Waals surface area contributed by atoms with Crippen molar-refractivity contribution in [1.29, 1.82) is 0 Å². The molecule has 0 heterocycles. The van der Waals surface area contributed by atoms with Crippen LogP contribution in [0.4, 0.5) is 0 Å². The van der Waals surface area contributed by atoms with Gasteiger partial charge in [0.15, 0.2) is 11.6 Å². The minimum Gasteiger partial charge on any atom is -0.388 e. The molecule has 4 heteroatoms. The third kappa shape index (κ3) is 2.27. The lowest BCUT2D eigenvalue weighted by Crippen LogP contribution is -2.50. The minimum absolute atomic E-state index is 0.0155. The molecule has 2 fully saturated rings. The molecular formula is C22H30O4. The number of ketones is 2. The number of Topliss-reactive ketones (excluding diaryl/α,β-unsaturated/α-hetero) is 1. The summed E-state index contributed by atoms with van der Waals surface area (Å²) < 4.78 is 0. The van der Waals surface area contributed by atoms with Gasteiger partial charge < -0.3 is 10.2 Å². The molecule has 0 aliphatic heterocycles. The zero-order chi connectivity index (χ0) is 18.9. The fourth-order valence-corrected chi connectivity index (χ4v) is 6.74. The second-order valence-electron chi connectivity index (χ2n) is 9.37. The highest BCUT2D eigenvalue weighted by Gasteiger charge is 2.62. The van der Waals surface area contributed by atoms with Crippen molar-refractivity contribution in [3.8, 4) is 0 Å². The SMILES string of the molecule is CC(O)C(=O)[C@]1(C)CC[C@H]2[C@@H]3CCC4=CC(=O)CC(O)C4=C3CC[C@@]21C. The Morgan fingerprint density at radius 1 is 1.23 bits per heavy atom. The molecule has 0 radical (unpaired) electrons. The Morgan fingerprint density at radius 3 is 2.65 bits per heavy atom. The molecule has 2 unspecified atom stereocenters. The van der Waals surface area contributed by atoms with Crippen LogP contribution in [0.3, 0.4) is 0 Å². The van der Waals surface area contributed by atoms with Gasteiger partial charge in [0, 0.05) is 11.8 Å². The quantitative estimate of drug-likeness (QED) is 0.795. The van der Waals surface area contributed by atoms with E-state index in [1.807, 2.05) is 0 Å². The number of carbonyl (C=O) groups is 2. The van der Waals surface area contributed by atoms with E-state index in [0.717, 1.165) is 49.7 Å². The number of hydrogen-bond acceptors (Lipinski definition) is 4. The maximum Gasteiger partial charge on any atom is 0.167 e. The van der Waals surface area contributed by atoms with Crippen LogP contribution in [0.25, 0.3) is 0 Å². The van der Waals surface area contributed by atoms with Crippen LogP contribution in [0.2, 0.25) is 0 Å². The van der Waals surface area contributed by atoms with E-state index < -0.39 is 17.6 Å². The number of aliphatic hydroxyl groups excluding tert-OH is 2. The van der Waals surface area contributed by atoms with Crippen molar-refractivity contribution in [3.63, 3.8) is 0 Å². The fourth-order valence-electron chi connectivity index (χ4n) is 6.74. The van der Waals surface area contributed by atoms with E-state index in [-0.39, 0.29) is 23.4 Å². The van der Waals surface area contributed by atoms with Gasteiger partial charge in [-0.1, -0.05) is 19.4 Å². The monoisotopic (exact) mass is 358 g/mol. The van der Waals surface area contributed by atoms with Gasteiger partial charge >= 0.3 is 0 Å². The summed E-state index contributed by atoms with van der Waals surface area (Å²) in [5.41, 5.74) is 2.85. The van der Waals surface area contributed by atoms with Crippen LogP contribution >= 0.6 is 0 Å². The van der Waals surface area contributed by atoms with E-state index in [9.17, 15) is 19.8 Å². The van der Waals surface area contributed by atoms with Crippen LogP contribution in [0.1, 0.15) is 65.7 Å². The highest BCUT2D eigenvalue weighted by Crippen LogP contribution is 2.67. The average molecular weight is 358 g/mol. The van der Waals surface area contributed by atoms with Gasteiger partial charge in [0.05, 0.1) is 6.10 Å². The van der Waals surface area contributed by atoms with Gasteiger partial charge in [-0.2, -0.15) is 0 Å². The van der Waals surface area contributed by atoms with E-state index in [2.05, 4.69) is 13.8 Å². The van der Waals surface area contributed by atoms with Crippen LogP contribution in [0.5, 0.6) is 0 Å². The van der Waals surface area contributed by atoms with E-state index in [1.165, 1.54) is 5.57 Å². The number of allylic oxidation sites excluding steroid dienone is 2. The molecule has 0 amide bonds. The van der Waals surface area contributed by atoms with E-state index >= 15 is 0 Å².